The van der Waals surface area contributed by atoms with Crippen LogP contribution in [0.5, 0.6) is 0 Å². The molecule has 84 valence electrons. The molecule has 1 atom stereocenters. The molecule has 0 fully saturated rings. The fraction of sp³-hybridized carbons (Fsp3) is 0.167. The van der Waals surface area contributed by atoms with E-state index in [2.05, 4.69) is 0 Å². The van der Waals surface area contributed by atoms with Crippen LogP contribution < -0.4 is 0 Å². The van der Waals surface area contributed by atoms with Crippen LogP contribution in [0.2, 0.25) is 9.36 Å². The highest BCUT2D eigenvalue weighted by Crippen LogP contribution is 2.30. The minimum Gasteiger partial charge on any atom is -0.387 e. The Hall–Kier alpha value is -0.540. The molecule has 4 heteroatoms. The fourth-order valence-electron chi connectivity index (χ4n) is 1.48. The molecule has 0 amide bonds. The van der Waals surface area contributed by atoms with Crippen molar-refractivity contribution in [3.8, 4) is 0 Å². The van der Waals surface area contributed by atoms with Gasteiger partial charge in [0.25, 0.3) is 0 Å². The number of thiophene rings is 1. The second-order valence-corrected chi connectivity index (χ2v) is 5.61. The lowest BCUT2D eigenvalue weighted by Crippen LogP contribution is -1.99. The smallest absolute Gasteiger partial charge is 0.0932 e. The first-order valence-electron chi connectivity index (χ1n) is 4.83. The molecule has 1 N–H and O–H groups in total. The normalized spacial score (nSPS) is 12.7. The Labute approximate surface area is 108 Å². The number of hydrogen-bond donors (Lipinski definition) is 1. The summed E-state index contributed by atoms with van der Waals surface area (Å²) in [4.78, 5) is 0.866. The Bertz CT molecular complexity index is 481. The third kappa shape index (κ3) is 2.77. The van der Waals surface area contributed by atoms with E-state index >= 15 is 0 Å². The summed E-state index contributed by atoms with van der Waals surface area (Å²) in [7, 11) is 0. The van der Waals surface area contributed by atoms with E-state index in [9.17, 15) is 5.11 Å². The zero-order valence-corrected chi connectivity index (χ0v) is 10.7. The molecule has 1 aromatic carbocycles. The van der Waals surface area contributed by atoms with Crippen LogP contribution in [-0.4, -0.2) is 5.11 Å². The van der Waals surface area contributed by atoms with Crippen LogP contribution in [-0.2, 0) is 6.42 Å². The van der Waals surface area contributed by atoms with Crippen LogP contribution in [0.15, 0.2) is 36.4 Å². The molecule has 0 radical (unpaired) electrons. The molecule has 0 spiro atoms. The van der Waals surface area contributed by atoms with Crippen molar-refractivity contribution >= 4 is 34.5 Å². The summed E-state index contributed by atoms with van der Waals surface area (Å²) in [6.07, 6.45) is -0.0336. The maximum atomic E-state index is 10.0. The maximum Gasteiger partial charge on any atom is 0.0932 e. The summed E-state index contributed by atoms with van der Waals surface area (Å²) in [5.41, 5.74) is 0.946. The Kier molecular flexibility index (Phi) is 3.87. The largest absolute Gasteiger partial charge is 0.387 e. The zero-order valence-electron chi connectivity index (χ0n) is 8.36. The van der Waals surface area contributed by atoms with E-state index in [1.54, 1.807) is 6.07 Å². The van der Waals surface area contributed by atoms with Crippen molar-refractivity contribution in [1.29, 1.82) is 0 Å². The van der Waals surface area contributed by atoms with Gasteiger partial charge in [0.05, 0.1) is 10.4 Å². The average molecular weight is 273 g/mol. The van der Waals surface area contributed by atoms with Gasteiger partial charge in [-0.3, -0.25) is 0 Å². The quantitative estimate of drug-likeness (QED) is 0.882. The minimum absolute atomic E-state index is 0.510. The molecule has 2 aromatic rings. The van der Waals surface area contributed by atoms with Gasteiger partial charge in [-0.15, -0.1) is 11.3 Å². The van der Waals surface area contributed by atoms with Gasteiger partial charge in [0.2, 0.25) is 0 Å². The molecule has 1 unspecified atom stereocenters. The summed E-state index contributed by atoms with van der Waals surface area (Å²) in [6, 6.07) is 11.2. The highest BCUT2D eigenvalue weighted by Gasteiger charge is 2.12. The second-order valence-electron chi connectivity index (χ2n) is 3.45. The third-order valence-electron chi connectivity index (χ3n) is 2.29. The molecule has 1 aromatic heterocycles. The minimum atomic E-state index is -0.544. The van der Waals surface area contributed by atoms with Gasteiger partial charge >= 0.3 is 0 Å². The van der Waals surface area contributed by atoms with Crippen molar-refractivity contribution in [1.82, 2.24) is 0 Å². The molecule has 0 aliphatic heterocycles. The topological polar surface area (TPSA) is 20.2 Å². The van der Waals surface area contributed by atoms with Crippen molar-refractivity contribution < 1.29 is 5.11 Å². The molecular formula is C12H10Cl2OS. The van der Waals surface area contributed by atoms with Gasteiger partial charge in [-0.1, -0.05) is 41.4 Å². The summed E-state index contributed by atoms with van der Waals surface area (Å²) < 4.78 is 0.688. The van der Waals surface area contributed by atoms with Gasteiger partial charge in [0.1, 0.15) is 0 Å². The monoisotopic (exact) mass is 272 g/mol. The van der Waals surface area contributed by atoms with Crippen LogP contribution >= 0.6 is 34.5 Å². The van der Waals surface area contributed by atoms with E-state index < -0.39 is 6.10 Å². The van der Waals surface area contributed by atoms with E-state index in [1.807, 2.05) is 30.3 Å². The van der Waals surface area contributed by atoms with Gasteiger partial charge in [-0.05, 0) is 23.8 Å². The number of aliphatic hydroxyl groups is 1. The van der Waals surface area contributed by atoms with Crippen molar-refractivity contribution in [2.45, 2.75) is 12.5 Å². The van der Waals surface area contributed by atoms with Crippen molar-refractivity contribution in [2.24, 2.45) is 0 Å². The number of benzene rings is 1. The molecular weight excluding hydrogens is 263 g/mol. The summed E-state index contributed by atoms with van der Waals surface area (Å²) in [6.45, 7) is 0. The lowest BCUT2D eigenvalue weighted by atomic mass is 10.1. The molecule has 0 aliphatic carbocycles. The van der Waals surface area contributed by atoms with E-state index in [-0.39, 0.29) is 0 Å². The van der Waals surface area contributed by atoms with Crippen LogP contribution in [0.3, 0.4) is 0 Å². The van der Waals surface area contributed by atoms with Crippen molar-refractivity contribution in [2.75, 3.05) is 0 Å². The van der Waals surface area contributed by atoms with E-state index in [0.717, 1.165) is 10.4 Å². The standard InChI is InChI=1S/C12H10Cl2OS/c13-9-4-2-1-3-8(9)7-10(15)11-5-6-12(14)16-11/h1-6,10,15H,7H2. The SMILES string of the molecule is OC(Cc1ccccc1Cl)c1ccc(Cl)s1. The van der Waals surface area contributed by atoms with Gasteiger partial charge < -0.3 is 5.11 Å². The summed E-state index contributed by atoms with van der Waals surface area (Å²) in [5, 5.41) is 10.7. The zero-order chi connectivity index (χ0) is 11.5. The van der Waals surface area contributed by atoms with E-state index in [0.29, 0.717) is 15.8 Å². The predicted octanol–water partition coefficient (Wildman–Crippen LogP) is 4.33. The molecule has 0 saturated heterocycles. The average Bonchev–Trinajstić information content (AvgIpc) is 2.68. The van der Waals surface area contributed by atoms with Crippen LogP contribution in [0.25, 0.3) is 0 Å². The lowest BCUT2D eigenvalue weighted by Gasteiger charge is -2.09. The van der Waals surface area contributed by atoms with E-state index in [4.69, 9.17) is 23.2 Å². The molecule has 2 rings (SSSR count). The third-order valence-corrected chi connectivity index (χ3v) is 3.99. The molecule has 0 saturated carbocycles. The van der Waals surface area contributed by atoms with E-state index in [1.165, 1.54) is 11.3 Å². The molecule has 16 heavy (non-hydrogen) atoms. The Morgan fingerprint density at radius 3 is 2.50 bits per heavy atom. The Morgan fingerprint density at radius 1 is 1.12 bits per heavy atom. The molecule has 1 heterocycles. The first-order chi connectivity index (χ1) is 7.66. The first-order valence-corrected chi connectivity index (χ1v) is 6.41. The first kappa shape index (κ1) is 11.9. The predicted molar refractivity (Wildman–Crippen MR) is 69.4 cm³/mol. The van der Waals surface area contributed by atoms with Gasteiger partial charge in [-0.2, -0.15) is 0 Å². The van der Waals surface area contributed by atoms with Crippen molar-refractivity contribution in [3.63, 3.8) is 0 Å². The summed E-state index contributed by atoms with van der Waals surface area (Å²) in [5.74, 6) is 0. The molecule has 0 aliphatic rings. The number of halogens is 2. The number of rotatable bonds is 3. The molecule has 0 bridgehead atoms. The van der Waals surface area contributed by atoms with Crippen LogP contribution in [0.4, 0.5) is 0 Å². The highest BCUT2D eigenvalue weighted by molar-refractivity contribution is 7.16. The number of hydrogen-bond acceptors (Lipinski definition) is 2. The highest BCUT2D eigenvalue weighted by atomic mass is 35.5. The fourth-order valence-corrected chi connectivity index (χ4v) is 2.74. The summed E-state index contributed by atoms with van der Waals surface area (Å²) >= 11 is 13.2. The van der Waals surface area contributed by atoms with Gasteiger partial charge in [-0.25, -0.2) is 0 Å². The van der Waals surface area contributed by atoms with Gasteiger partial charge in [0, 0.05) is 16.3 Å². The Morgan fingerprint density at radius 2 is 1.88 bits per heavy atom. The second kappa shape index (κ2) is 5.19. The van der Waals surface area contributed by atoms with Crippen LogP contribution in [0, 0.1) is 0 Å². The number of aliphatic hydroxyl groups excluding tert-OH is 1. The maximum absolute atomic E-state index is 10.0. The lowest BCUT2D eigenvalue weighted by molar-refractivity contribution is 0.182. The molecule has 1 nitrogen and oxygen atoms in total. The van der Waals surface area contributed by atoms with Crippen LogP contribution in [0.1, 0.15) is 16.5 Å². The van der Waals surface area contributed by atoms with Crippen molar-refractivity contribution in [3.05, 3.63) is 56.2 Å². The Balaban J connectivity index is 2.13. The van der Waals surface area contributed by atoms with Gasteiger partial charge in [0.15, 0.2) is 0 Å².